The summed E-state index contributed by atoms with van der Waals surface area (Å²) in [6.07, 6.45) is 8.94. The molecule has 6 heteroatoms. The molecule has 1 aliphatic carbocycles. The first kappa shape index (κ1) is 14.2. The number of ether oxygens (including phenoxy) is 1. The summed E-state index contributed by atoms with van der Waals surface area (Å²) >= 11 is 1.96. The summed E-state index contributed by atoms with van der Waals surface area (Å²) < 4.78 is 5.74. The third kappa shape index (κ3) is 3.05. The molecule has 0 spiro atoms. The molecule has 0 aromatic carbocycles. The zero-order valence-electron chi connectivity index (χ0n) is 11.8. The Morgan fingerprint density at radius 3 is 2.58 bits per heavy atom. The lowest BCUT2D eigenvalue weighted by Gasteiger charge is -2.27. The average molecular weight is 282 g/mol. The van der Waals surface area contributed by atoms with Gasteiger partial charge in [0.05, 0.1) is 7.11 Å². The number of nitrogens with zero attached hydrogens (tertiary/aromatic N) is 2. The second-order valence-corrected chi connectivity index (χ2v) is 6.08. The third-order valence-electron chi connectivity index (χ3n) is 3.77. The summed E-state index contributed by atoms with van der Waals surface area (Å²) in [5, 5.41) is 6.45. The summed E-state index contributed by atoms with van der Waals surface area (Å²) in [4.78, 5) is 8.44. The van der Waals surface area contributed by atoms with E-state index in [1.54, 1.807) is 13.4 Å². The van der Waals surface area contributed by atoms with Gasteiger partial charge < -0.3 is 15.4 Å². The highest BCUT2D eigenvalue weighted by Gasteiger charge is 2.33. The fraction of sp³-hybridized carbons (Fsp3) is 0.692. The van der Waals surface area contributed by atoms with Gasteiger partial charge in [-0.1, -0.05) is 12.8 Å². The van der Waals surface area contributed by atoms with E-state index in [4.69, 9.17) is 4.74 Å². The molecule has 0 unspecified atom stereocenters. The van der Waals surface area contributed by atoms with E-state index >= 15 is 0 Å². The van der Waals surface area contributed by atoms with Crippen molar-refractivity contribution >= 4 is 23.4 Å². The Morgan fingerprint density at radius 2 is 2.00 bits per heavy atom. The molecule has 2 N–H and O–H groups in total. The molecule has 1 aromatic rings. The first-order valence-electron chi connectivity index (χ1n) is 6.60. The smallest absolute Gasteiger partial charge is 0.204 e. The topological polar surface area (TPSA) is 59.1 Å². The van der Waals surface area contributed by atoms with Crippen LogP contribution in [0.25, 0.3) is 0 Å². The van der Waals surface area contributed by atoms with Gasteiger partial charge in [-0.15, -0.1) is 0 Å². The average Bonchev–Trinajstić information content (AvgIpc) is 2.94. The van der Waals surface area contributed by atoms with E-state index in [-0.39, 0.29) is 0 Å². The predicted octanol–water partition coefficient (Wildman–Crippen LogP) is 2.61. The number of hydrogen-bond donors (Lipinski definition) is 2. The highest BCUT2D eigenvalue weighted by Crippen LogP contribution is 2.40. The Bertz CT molecular complexity index is 421. The summed E-state index contributed by atoms with van der Waals surface area (Å²) in [5.41, 5.74) is 0. The number of nitrogens with one attached hydrogen (secondary N) is 2. The molecule has 0 radical (unpaired) electrons. The molecular formula is C13H22N4OS. The van der Waals surface area contributed by atoms with Gasteiger partial charge in [-0.05, 0) is 19.1 Å². The fourth-order valence-electron chi connectivity index (χ4n) is 2.59. The first-order chi connectivity index (χ1) is 9.24. The van der Waals surface area contributed by atoms with E-state index < -0.39 is 0 Å². The van der Waals surface area contributed by atoms with Crippen molar-refractivity contribution in [3.8, 4) is 5.75 Å². The number of hydrogen-bond acceptors (Lipinski definition) is 6. The van der Waals surface area contributed by atoms with Gasteiger partial charge in [0, 0.05) is 18.3 Å². The van der Waals surface area contributed by atoms with Crippen molar-refractivity contribution in [1.29, 1.82) is 0 Å². The van der Waals surface area contributed by atoms with Crippen molar-refractivity contribution in [2.24, 2.45) is 0 Å². The van der Waals surface area contributed by atoms with Crippen LogP contribution in [0.4, 0.5) is 11.6 Å². The summed E-state index contributed by atoms with van der Waals surface area (Å²) in [6.45, 7) is 0.921. The van der Waals surface area contributed by atoms with Crippen molar-refractivity contribution in [2.45, 2.75) is 30.4 Å². The fourth-order valence-corrected chi connectivity index (χ4v) is 3.50. The van der Waals surface area contributed by atoms with Crippen LogP contribution in [0.2, 0.25) is 0 Å². The minimum Gasteiger partial charge on any atom is -0.490 e. The Morgan fingerprint density at radius 1 is 1.32 bits per heavy atom. The molecule has 1 heterocycles. The first-order valence-corrected chi connectivity index (χ1v) is 7.83. The molecule has 0 atom stereocenters. The third-order valence-corrected chi connectivity index (χ3v) is 5.19. The zero-order chi connectivity index (χ0) is 13.7. The lowest BCUT2D eigenvalue weighted by Crippen LogP contribution is -2.30. The van der Waals surface area contributed by atoms with Crippen molar-refractivity contribution in [2.75, 3.05) is 37.6 Å². The van der Waals surface area contributed by atoms with Gasteiger partial charge in [-0.25, -0.2) is 9.97 Å². The molecule has 106 valence electrons. The SMILES string of the molecule is CNc1ncnc(NCC2(SC)CCCC2)c1OC. The van der Waals surface area contributed by atoms with Crippen LogP contribution in [-0.2, 0) is 0 Å². The molecule has 2 rings (SSSR count). The van der Waals surface area contributed by atoms with Crippen molar-refractivity contribution in [1.82, 2.24) is 9.97 Å². The number of rotatable bonds is 6. The Kier molecular flexibility index (Phi) is 4.74. The van der Waals surface area contributed by atoms with E-state index in [1.165, 1.54) is 25.7 Å². The van der Waals surface area contributed by atoms with Crippen LogP contribution in [0.5, 0.6) is 5.75 Å². The van der Waals surface area contributed by atoms with Crippen LogP contribution in [0.15, 0.2) is 6.33 Å². The highest BCUT2D eigenvalue weighted by molar-refractivity contribution is 8.00. The minimum absolute atomic E-state index is 0.343. The second kappa shape index (κ2) is 6.32. The molecule has 0 aliphatic heterocycles. The van der Waals surface area contributed by atoms with E-state index in [0.717, 1.165) is 12.4 Å². The van der Waals surface area contributed by atoms with E-state index in [0.29, 0.717) is 16.3 Å². The quantitative estimate of drug-likeness (QED) is 0.836. The summed E-state index contributed by atoms with van der Waals surface area (Å²) in [6, 6.07) is 0. The maximum atomic E-state index is 5.39. The normalized spacial score (nSPS) is 17.2. The second-order valence-electron chi connectivity index (χ2n) is 4.80. The van der Waals surface area contributed by atoms with Crippen molar-refractivity contribution in [3.05, 3.63) is 6.33 Å². The molecule has 1 fully saturated rings. The number of aromatic nitrogens is 2. The highest BCUT2D eigenvalue weighted by atomic mass is 32.2. The lowest BCUT2D eigenvalue weighted by atomic mass is 10.1. The van der Waals surface area contributed by atoms with E-state index in [9.17, 15) is 0 Å². The van der Waals surface area contributed by atoms with Gasteiger partial charge in [-0.3, -0.25) is 0 Å². The van der Waals surface area contributed by atoms with Crippen LogP contribution in [-0.4, -0.2) is 41.7 Å². The van der Waals surface area contributed by atoms with Crippen LogP contribution in [0.1, 0.15) is 25.7 Å². The maximum Gasteiger partial charge on any atom is 0.204 e. The lowest BCUT2D eigenvalue weighted by molar-refractivity contribution is 0.414. The largest absolute Gasteiger partial charge is 0.490 e. The van der Waals surface area contributed by atoms with Crippen LogP contribution >= 0.6 is 11.8 Å². The van der Waals surface area contributed by atoms with Gasteiger partial charge >= 0.3 is 0 Å². The molecule has 1 saturated carbocycles. The molecule has 5 nitrogen and oxygen atoms in total. The molecule has 0 bridgehead atoms. The van der Waals surface area contributed by atoms with Crippen molar-refractivity contribution in [3.63, 3.8) is 0 Å². The van der Waals surface area contributed by atoms with Crippen molar-refractivity contribution < 1.29 is 4.74 Å². The molecule has 0 amide bonds. The van der Waals surface area contributed by atoms with Gasteiger partial charge in [0.15, 0.2) is 11.6 Å². The van der Waals surface area contributed by atoms with Crippen LogP contribution in [0, 0.1) is 0 Å². The van der Waals surface area contributed by atoms with Gasteiger partial charge in [0.1, 0.15) is 6.33 Å². The summed E-state index contributed by atoms with van der Waals surface area (Å²) in [7, 11) is 3.47. The summed E-state index contributed by atoms with van der Waals surface area (Å²) in [5.74, 6) is 2.16. The number of methoxy groups -OCH3 is 1. The van der Waals surface area contributed by atoms with Crippen LogP contribution < -0.4 is 15.4 Å². The standard InChI is InChI=1S/C13H22N4OS/c1-14-11-10(18-2)12(17-9-16-11)15-8-13(19-3)6-4-5-7-13/h9H,4-8H2,1-3H3,(H2,14,15,16,17). The molecular weight excluding hydrogens is 260 g/mol. The Balaban J connectivity index is 2.10. The minimum atomic E-state index is 0.343. The zero-order valence-corrected chi connectivity index (χ0v) is 12.6. The number of thioether (sulfide) groups is 1. The monoisotopic (exact) mass is 282 g/mol. The Labute approximate surface area is 118 Å². The number of anilines is 2. The van der Waals surface area contributed by atoms with Gasteiger partial charge in [-0.2, -0.15) is 11.8 Å². The molecule has 0 saturated heterocycles. The molecule has 1 aliphatic rings. The predicted molar refractivity (Wildman–Crippen MR) is 81.3 cm³/mol. The van der Waals surface area contributed by atoms with E-state index in [1.807, 2.05) is 18.8 Å². The maximum absolute atomic E-state index is 5.39. The van der Waals surface area contributed by atoms with Gasteiger partial charge in [0.2, 0.25) is 5.75 Å². The van der Waals surface area contributed by atoms with Crippen LogP contribution in [0.3, 0.4) is 0 Å². The van der Waals surface area contributed by atoms with E-state index in [2.05, 4.69) is 26.9 Å². The Hall–Kier alpha value is -1.17. The van der Waals surface area contributed by atoms with Gasteiger partial charge in [0.25, 0.3) is 0 Å². The molecule has 19 heavy (non-hydrogen) atoms. The molecule has 1 aromatic heterocycles.